The molecular weight excluding hydrogens is 196 g/mol. The third kappa shape index (κ3) is 4.86. The number of ether oxygens (including phenoxy) is 1. The molecule has 1 heterocycles. The van der Waals surface area contributed by atoms with Crippen LogP contribution in [0, 0.1) is 23.7 Å². The van der Waals surface area contributed by atoms with E-state index in [1.54, 1.807) is 0 Å². The highest BCUT2D eigenvalue weighted by Crippen LogP contribution is 2.34. The lowest BCUT2D eigenvalue weighted by molar-refractivity contribution is 0.269. The standard InChI is InChI=1S/C15H30O/c1-10(2)7-11(3)8-12(4)9-13(5)15-14(6)16-15/h10-15H,7-9H2,1-6H3/t11?,12?,13-,14?,15-/m1/s1. The van der Waals surface area contributed by atoms with Crippen LogP contribution in [0.5, 0.6) is 0 Å². The molecule has 0 N–H and O–H groups in total. The molecule has 1 heteroatoms. The number of hydrogen-bond donors (Lipinski definition) is 0. The van der Waals surface area contributed by atoms with Crippen LogP contribution in [0.15, 0.2) is 0 Å². The first-order chi connectivity index (χ1) is 7.40. The molecule has 1 rings (SSSR count). The van der Waals surface area contributed by atoms with Gasteiger partial charge in [0.1, 0.15) is 0 Å². The Morgan fingerprint density at radius 3 is 1.81 bits per heavy atom. The van der Waals surface area contributed by atoms with Crippen molar-refractivity contribution in [2.24, 2.45) is 23.7 Å². The molecule has 0 radical (unpaired) electrons. The quantitative estimate of drug-likeness (QED) is 0.582. The lowest BCUT2D eigenvalue weighted by Crippen LogP contribution is -2.13. The third-order valence-corrected chi connectivity index (χ3v) is 3.77. The maximum Gasteiger partial charge on any atom is 0.0864 e. The Kier molecular flexibility index (Phi) is 5.30. The van der Waals surface area contributed by atoms with Crippen molar-refractivity contribution >= 4 is 0 Å². The van der Waals surface area contributed by atoms with E-state index in [-0.39, 0.29) is 0 Å². The lowest BCUT2D eigenvalue weighted by atomic mass is 9.85. The van der Waals surface area contributed by atoms with Crippen molar-refractivity contribution in [2.75, 3.05) is 0 Å². The van der Waals surface area contributed by atoms with Gasteiger partial charge in [-0.05, 0) is 49.9 Å². The van der Waals surface area contributed by atoms with Crippen molar-refractivity contribution in [3.05, 3.63) is 0 Å². The first-order valence-electron chi connectivity index (χ1n) is 7.05. The van der Waals surface area contributed by atoms with Crippen LogP contribution in [-0.2, 0) is 4.74 Å². The molecule has 0 saturated carbocycles. The van der Waals surface area contributed by atoms with Crippen LogP contribution < -0.4 is 0 Å². The van der Waals surface area contributed by atoms with Gasteiger partial charge in [0.2, 0.25) is 0 Å². The molecule has 1 nitrogen and oxygen atoms in total. The van der Waals surface area contributed by atoms with Crippen LogP contribution >= 0.6 is 0 Å². The van der Waals surface area contributed by atoms with E-state index in [9.17, 15) is 0 Å². The fourth-order valence-corrected chi connectivity index (χ4v) is 3.25. The zero-order valence-corrected chi connectivity index (χ0v) is 12.0. The Morgan fingerprint density at radius 1 is 0.875 bits per heavy atom. The zero-order chi connectivity index (χ0) is 12.3. The van der Waals surface area contributed by atoms with Crippen molar-refractivity contribution in [3.8, 4) is 0 Å². The fourth-order valence-electron chi connectivity index (χ4n) is 3.25. The minimum Gasteiger partial charge on any atom is -0.370 e. The summed E-state index contributed by atoms with van der Waals surface area (Å²) in [5.41, 5.74) is 0. The minimum atomic E-state index is 0.523. The first kappa shape index (κ1) is 14.0. The van der Waals surface area contributed by atoms with Gasteiger partial charge in [-0.1, -0.05) is 34.6 Å². The predicted molar refractivity (Wildman–Crippen MR) is 70.5 cm³/mol. The Labute approximate surface area is 102 Å². The van der Waals surface area contributed by atoms with Crippen LogP contribution in [0.3, 0.4) is 0 Å². The summed E-state index contributed by atoms with van der Waals surface area (Å²) in [6.07, 6.45) is 5.16. The van der Waals surface area contributed by atoms with E-state index in [0.29, 0.717) is 12.2 Å². The van der Waals surface area contributed by atoms with Crippen LogP contribution in [0.4, 0.5) is 0 Å². The van der Waals surface area contributed by atoms with E-state index >= 15 is 0 Å². The molecule has 0 spiro atoms. The van der Waals surface area contributed by atoms with Crippen molar-refractivity contribution in [1.29, 1.82) is 0 Å². The minimum absolute atomic E-state index is 0.523. The Bertz CT molecular complexity index is 200. The highest BCUT2D eigenvalue weighted by Gasteiger charge is 2.39. The molecule has 0 bridgehead atoms. The highest BCUT2D eigenvalue weighted by atomic mass is 16.6. The van der Waals surface area contributed by atoms with Gasteiger partial charge in [-0.2, -0.15) is 0 Å². The summed E-state index contributed by atoms with van der Waals surface area (Å²) < 4.78 is 5.55. The molecule has 1 aliphatic rings. The van der Waals surface area contributed by atoms with E-state index in [1.807, 2.05) is 0 Å². The van der Waals surface area contributed by atoms with Gasteiger partial charge in [-0.3, -0.25) is 0 Å². The second kappa shape index (κ2) is 6.05. The molecule has 0 amide bonds. The topological polar surface area (TPSA) is 12.5 Å². The van der Waals surface area contributed by atoms with Crippen LogP contribution in [0.2, 0.25) is 0 Å². The first-order valence-corrected chi connectivity index (χ1v) is 7.05. The molecule has 0 aromatic heterocycles. The average molecular weight is 226 g/mol. The van der Waals surface area contributed by atoms with E-state index in [1.165, 1.54) is 19.3 Å². The van der Waals surface area contributed by atoms with Crippen LogP contribution in [0.25, 0.3) is 0 Å². The average Bonchev–Trinajstić information content (AvgIpc) is 2.79. The SMILES string of the molecule is CC(C)CC(C)CC(C)C[C@@H](C)[C@H]1OC1C. The summed E-state index contributed by atoms with van der Waals surface area (Å²) in [5, 5.41) is 0. The second-order valence-electron chi connectivity index (χ2n) is 6.59. The molecule has 1 aliphatic heterocycles. The molecular formula is C15H30O. The van der Waals surface area contributed by atoms with Gasteiger partial charge in [0.25, 0.3) is 0 Å². The monoisotopic (exact) mass is 226 g/mol. The molecule has 0 aromatic rings. The molecule has 0 aliphatic carbocycles. The fraction of sp³-hybridized carbons (Fsp3) is 1.00. The summed E-state index contributed by atoms with van der Waals surface area (Å²) in [5.74, 6) is 3.31. The maximum absolute atomic E-state index is 5.55. The van der Waals surface area contributed by atoms with Gasteiger partial charge in [0.05, 0.1) is 12.2 Å². The maximum atomic E-state index is 5.55. The summed E-state index contributed by atoms with van der Waals surface area (Å²) in [6.45, 7) is 14.0. The Balaban J connectivity index is 2.16. The van der Waals surface area contributed by atoms with Gasteiger partial charge in [-0.15, -0.1) is 0 Å². The molecule has 96 valence electrons. The molecule has 5 atom stereocenters. The van der Waals surface area contributed by atoms with Gasteiger partial charge in [0, 0.05) is 0 Å². The van der Waals surface area contributed by atoms with Crippen molar-refractivity contribution in [3.63, 3.8) is 0 Å². The predicted octanol–water partition coefficient (Wildman–Crippen LogP) is 4.51. The van der Waals surface area contributed by atoms with E-state index in [2.05, 4.69) is 41.5 Å². The summed E-state index contributed by atoms with van der Waals surface area (Å²) in [7, 11) is 0. The molecule has 3 unspecified atom stereocenters. The normalized spacial score (nSPS) is 30.2. The van der Waals surface area contributed by atoms with Crippen molar-refractivity contribution < 1.29 is 4.74 Å². The van der Waals surface area contributed by atoms with Crippen LogP contribution in [0.1, 0.15) is 60.8 Å². The largest absolute Gasteiger partial charge is 0.370 e. The zero-order valence-electron chi connectivity index (χ0n) is 12.0. The van der Waals surface area contributed by atoms with E-state index < -0.39 is 0 Å². The van der Waals surface area contributed by atoms with Gasteiger partial charge < -0.3 is 4.74 Å². The van der Waals surface area contributed by atoms with E-state index in [4.69, 9.17) is 4.74 Å². The molecule has 16 heavy (non-hydrogen) atoms. The summed E-state index contributed by atoms with van der Waals surface area (Å²) in [4.78, 5) is 0. The lowest BCUT2D eigenvalue weighted by Gasteiger charge is -2.21. The number of hydrogen-bond acceptors (Lipinski definition) is 1. The number of epoxide rings is 1. The highest BCUT2D eigenvalue weighted by molar-refractivity contribution is 4.85. The second-order valence-corrected chi connectivity index (χ2v) is 6.59. The van der Waals surface area contributed by atoms with Crippen molar-refractivity contribution in [2.45, 2.75) is 73.0 Å². The third-order valence-electron chi connectivity index (χ3n) is 3.77. The van der Waals surface area contributed by atoms with Gasteiger partial charge >= 0.3 is 0 Å². The Hall–Kier alpha value is -0.0400. The van der Waals surface area contributed by atoms with Gasteiger partial charge in [-0.25, -0.2) is 0 Å². The summed E-state index contributed by atoms with van der Waals surface area (Å²) >= 11 is 0. The molecule has 0 aromatic carbocycles. The molecule has 1 fully saturated rings. The van der Waals surface area contributed by atoms with Gasteiger partial charge in [0.15, 0.2) is 0 Å². The molecule has 1 saturated heterocycles. The van der Waals surface area contributed by atoms with Crippen LogP contribution in [-0.4, -0.2) is 12.2 Å². The number of rotatable bonds is 7. The van der Waals surface area contributed by atoms with Crippen molar-refractivity contribution in [1.82, 2.24) is 0 Å². The van der Waals surface area contributed by atoms with E-state index in [0.717, 1.165) is 23.7 Å². The Morgan fingerprint density at radius 2 is 1.38 bits per heavy atom. The summed E-state index contributed by atoms with van der Waals surface area (Å²) in [6, 6.07) is 0. The smallest absolute Gasteiger partial charge is 0.0864 e.